The van der Waals surface area contributed by atoms with Crippen LogP contribution in [0.1, 0.15) is 71.4 Å². The molecule has 40 heavy (non-hydrogen) atoms. The van der Waals surface area contributed by atoms with Crippen LogP contribution in [0.25, 0.3) is 43.1 Å². The van der Waals surface area contributed by atoms with E-state index in [0.29, 0.717) is 24.3 Å². The Labute approximate surface area is 232 Å². The first-order valence-corrected chi connectivity index (χ1v) is 13.5. The molecule has 0 aliphatic rings. The second kappa shape index (κ2) is 11.4. The summed E-state index contributed by atoms with van der Waals surface area (Å²) < 4.78 is 10.9. The summed E-state index contributed by atoms with van der Waals surface area (Å²) in [6, 6.07) is 23.3. The molecule has 5 aromatic carbocycles. The van der Waals surface area contributed by atoms with Gasteiger partial charge in [0.05, 0.1) is 35.5 Å². The number of ether oxygens (including phenoxy) is 2. The number of nitrogens with zero attached hydrogens (tertiary/aromatic N) is 2. The zero-order valence-electron chi connectivity index (χ0n) is 22.5. The molecule has 0 fully saturated rings. The van der Waals surface area contributed by atoms with Gasteiger partial charge in [0, 0.05) is 0 Å². The highest BCUT2D eigenvalue weighted by Gasteiger charge is 2.21. The number of esters is 2. The molecule has 0 unspecified atom stereocenters. The van der Waals surface area contributed by atoms with Gasteiger partial charge >= 0.3 is 11.9 Å². The third-order valence-corrected chi connectivity index (χ3v) is 7.12. The van der Waals surface area contributed by atoms with Crippen LogP contribution >= 0.6 is 0 Å². The van der Waals surface area contributed by atoms with Gasteiger partial charge in [-0.3, -0.25) is 0 Å². The maximum atomic E-state index is 13.0. The lowest BCUT2D eigenvalue weighted by Crippen LogP contribution is -2.15. The molecule has 0 aliphatic heterocycles. The lowest BCUT2D eigenvalue weighted by Gasteiger charge is -2.13. The molecule has 0 aromatic heterocycles. The molecule has 0 spiro atoms. The number of unbranched alkanes of at least 4 members (excludes halogenated alkanes) is 2. The minimum Gasteiger partial charge on any atom is -0.462 e. The zero-order valence-corrected chi connectivity index (χ0v) is 22.5. The Hall–Kier alpha value is -4.94. The van der Waals surface area contributed by atoms with Crippen molar-refractivity contribution >= 4 is 55.0 Å². The Morgan fingerprint density at radius 1 is 0.550 bits per heavy atom. The molecule has 0 atom stereocenters. The molecule has 0 aliphatic carbocycles. The first-order chi connectivity index (χ1) is 19.4. The van der Waals surface area contributed by atoms with Crippen molar-refractivity contribution in [3.63, 3.8) is 0 Å². The molecule has 0 amide bonds. The molecule has 0 radical (unpaired) electrons. The van der Waals surface area contributed by atoms with Crippen LogP contribution in [0.4, 0.5) is 0 Å². The fraction of sp³-hybridized carbons (Fsp3) is 0.235. The Balaban J connectivity index is 1.65. The Kier molecular flexibility index (Phi) is 7.62. The topological polar surface area (TPSA) is 100 Å². The third-order valence-electron chi connectivity index (χ3n) is 7.12. The zero-order chi connectivity index (χ0) is 28.2. The average Bonchev–Trinajstić information content (AvgIpc) is 2.96. The standard InChI is InChI=1S/C34H28N2O4/c1-3-5-7-39-33(37)31-17-27-13-23-9-21-11-25-15-29(19-35)30(20-36)16-26(25)12-22(21)10-24(23)14-28(27)18-32(31)34(38)40-8-6-4-2/h9-18H,3-8H2,1-2H3. The van der Waals surface area contributed by atoms with Crippen LogP contribution < -0.4 is 0 Å². The van der Waals surface area contributed by atoms with Gasteiger partial charge in [-0.15, -0.1) is 0 Å². The van der Waals surface area contributed by atoms with Crippen molar-refractivity contribution in [1.82, 2.24) is 0 Å². The molecule has 0 saturated carbocycles. The Bertz CT molecular complexity index is 1760. The molecule has 5 rings (SSSR count). The monoisotopic (exact) mass is 528 g/mol. The second-order valence-corrected chi connectivity index (χ2v) is 9.94. The highest BCUT2D eigenvalue weighted by molar-refractivity contribution is 6.12. The van der Waals surface area contributed by atoms with Gasteiger partial charge in [-0.2, -0.15) is 10.5 Å². The number of hydrogen-bond acceptors (Lipinski definition) is 6. The van der Waals surface area contributed by atoms with Crippen molar-refractivity contribution in [2.75, 3.05) is 13.2 Å². The van der Waals surface area contributed by atoms with E-state index in [1.807, 2.05) is 38.1 Å². The molecule has 6 nitrogen and oxygen atoms in total. The van der Waals surface area contributed by atoms with E-state index in [1.54, 1.807) is 24.3 Å². The summed E-state index contributed by atoms with van der Waals surface area (Å²) in [5.41, 5.74) is 1.11. The SMILES string of the molecule is CCCCOC(=O)c1cc2cc3cc4cc5cc(C#N)c(C#N)cc5cc4cc3cc2cc1C(=O)OCCCC. The fourth-order valence-electron chi connectivity index (χ4n) is 4.90. The maximum Gasteiger partial charge on any atom is 0.339 e. The predicted octanol–water partition coefficient (Wildman–Crippen LogP) is 7.96. The summed E-state index contributed by atoms with van der Waals surface area (Å²) in [5.74, 6) is -1.07. The van der Waals surface area contributed by atoms with Crippen LogP contribution in [0.5, 0.6) is 0 Å². The molecule has 6 heteroatoms. The van der Waals surface area contributed by atoms with Gasteiger partial charge in [0.15, 0.2) is 0 Å². The number of hydrogen-bond donors (Lipinski definition) is 0. The normalized spacial score (nSPS) is 11.0. The Morgan fingerprint density at radius 2 is 0.850 bits per heavy atom. The Morgan fingerprint density at radius 3 is 1.15 bits per heavy atom. The lowest BCUT2D eigenvalue weighted by atomic mass is 9.94. The fourth-order valence-corrected chi connectivity index (χ4v) is 4.90. The summed E-state index contributed by atoms with van der Waals surface area (Å²) in [7, 11) is 0. The van der Waals surface area contributed by atoms with Gasteiger partial charge < -0.3 is 9.47 Å². The highest BCUT2D eigenvalue weighted by atomic mass is 16.5. The van der Waals surface area contributed by atoms with E-state index in [9.17, 15) is 20.1 Å². The van der Waals surface area contributed by atoms with Gasteiger partial charge in [-0.1, -0.05) is 26.7 Å². The van der Waals surface area contributed by atoms with Gasteiger partial charge in [0.1, 0.15) is 12.1 Å². The van der Waals surface area contributed by atoms with E-state index in [2.05, 4.69) is 24.3 Å². The summed E-state index contributed by atoms with van der Waals surface area (Å²) in [4.78, 5) is 26.0. The van der Waals surface area contributed by atoms with Crippen molar-refractivity contribution in [3.05, 3.63) is 82.9 Å². The molecule has 5 aromatic rings. The van der Waals surface area contributed by atoms with Gasteiger partial charge in [0.25, 0.3) is 0 Å². The molecule has 0 N–H and O–H groups in total. The van der Waals surface area contributed by atoms with Crippen LogP contribution in [0.2, 0.25) is 0 Å². The molecular weight excluding hydrogens is 500 g/mol. The van der Waals surface area contributed by atoms with E-state index in [-0.39, 0.29) is 11.1 Å². The molecule has 0 bridgehead atoms. The van der Waals surface area contributed by atoms with Crippen molar-refractivity contribution in [3.8, 4) is 12.1 Å². The summed E-state index contributed by atoms with van der Waals surface area (Å²) >= 11 is 0. The molecule has 0 heterocycles. The van der Waals surface area contributed by atoms with Crippen LogP contribution in [0, 0.1) is 22.7 Å². The van der Waals surface area contributed by atoms with E-state index in [4.69, 9.17) is 9.47 Å². The quantitative estimate of drug-likeness (QED) is 0.115. The van der Waals surface area contributed by atoms with Crippen LogP contribution in [0.15, 0.2) is 60.7 Å². The number of carbonyl (C=O) groups is 2. The number of fused-ring (bicyclic) bond motifs is 4. The van der Waals surface area contributed by atoms with Gasteiger partial charge in [-0.25, -0.2) is 9.59 Å². The first kappa shape index (κ1) is 26.7. The summed E-state index contributed by atoms with van der Waals surface area (Å²) in [6.07, 6.45) is 3.28. The van der Waals surface area contributed by atoms with Gasteiger partial charge in [0.2, 0.25) is 0 Å². The smallest absolute Gasteiger partial charge is 0.339 e. The minimum absolute atomic E-state index is 0.202. The van der Waals surface area contributed by atoms with Crippen molar-refractivity contribution in [1.29, 1.82) is 10.5 Å². The van der Waals surface area contributed by atoms with E-state index >= 15 is 0 Å². The third kappa shape index (κ3) is 5.17. The minimum atomic E-state index is -0.534. The van der Waals surface area contributed by atoms with Crippen LogP contribution in [0.3, 0.4) is 0 Å². The molecular formula is C34H28N2O4. The van der Waals surface area contributed by atoms with Crippen molar-refractivity contribution < 1.29 is 19.1 Å². The van der Waals surface area contributed by atoms with Crippen LogP contribution in [-0.2, 0) is 9.47 Å². The van der Waals surface area contributed by atoms with E-state index < -0.39 is 11.9 Å². The van der Waals surface area contributed by atoms with Gasteiger partial charge in [-0.05, 0) is 117 Å². The predicted molar refractivity (Wildman–Crippen MR) is 156 cm³/mol. The number of carbonyl (C=O) groups excluding carboxylic acids is 2. The number of nitriles is 2. The first-order valence-electron chi connectivity index (χ1n) is 13.5. The van der Waals surface area contributed by atoms with E-state index in [0.717, 1.165) is 68.8 Å². The highest BCUT2D eigenvalue weighted by Crippen LogP contribution is 2.32. The average molecular weight is 529 g/mol. The lowest BCUT2D eigenvalue weighted by molar-refractivity contribution is 0.0452. The summed E-state index contributed by atoms with van der Waals surface area (Å²) in [6.45, 7) is 4.62. The number of benzene rings is 5. The van der Waals surface area contributed by atoms with E-state index in [1.165, 1.54) is 0 Å². The maximum absolute atomic E-state index is 13.0. The summed E-state index contributed by atoms with van der Waals surface area (Å²) in [5, 5.41) is 26.2. The number of rotatable bonds is 8. The van der Waals surface area contributed by atoms with Crippen molar-refractivity contribution in [2.24, 2.45) is 0 Å². The molecule has 198 valence electrons. The van der Waals surface area contributed by atoms with Crippen molar-refractivity contribution in [2.45, 2.75) is 39.5 Å². The largest absolute Gasteiger partial charge is 0.462 e. The molecule has 0 saturated heterocycles. The second-order valence-electron chi connectivity index (χ2n) is 9.94. The van der Waals surface area contributed by atoms with Crippen LogP contribution in [-0.4, -0.2) is 25.2 Å².